The van der Waals surface area contributed by atoms with Crippen molar-refractivity contribution in [3.63, 3.8) is 0 Å². The first-order valence-corrected chi connectivity index (χ1v) is 16.3. The fourth-order valence-corrected chi connectivity index (χ4v) is 9.24. The van der Waals surface area contributed by atoms with Crippen molar-refractivity contribution in [2.45, 2.75) is 0 Å². The molecule has 0 saturated heterocycles. The summed E-state index contributed by atoms with van der Waals surface area (Å²) in [5.74, 6) is 0.741. The first kappa shape index (κ1) is 25.0. The minimum Gasteiger partial charge on any atom is -0.309 e. The Hall–Kier alpha value is -5.51. The lowest BCUT2D eigenvalue weighted by molar-refractivity contribution is 0.592. The number of aromatic nitrogens is 4. The number of rotatable bonds is 4. The Morgan fingerprint density at radius 1 is 0.455 bits per heavy atom. The van der Waals surface area contributed by atoms with Gasteiger partial charge in [-0.3, -0.25) is 8.97 Å². The smallest absolute Gasteiger partial charge is 0.221 e. The molecule has 0 aliphatic heterocycles. The van der Waals surface area contributed by atoms with E-state index in [-0.39, 0.29) is 0 Å². The predicted octanol–water partition coefficient (Wildman–Crippen LogP) is 7.77. The van der Waals surface area contributed by atoms with Gasteiger partial charge in [0.25, 0.3) is 0 Å². The van der Waals surface area contributed by atoms with Crippen LogP contribution in [-0.2, 0) is 4.57 Å². The standard InChI is InChI=1S/C38H25N4OP/c43-44(26-13-3-1-4-14-26,27-15-5-2-6-16-27)28-23-24-30-29-17-8-11-21-34(29)41(36(30)25-28)38-40-32-19-9-7-18-31(32)37-39-33-20-10-12-22-35(33)42(37)38/h1-25H. The first-order chi connectivity index (χ1) is 21.7. The molecule has 5 nitrogen and oxygen atoms in total. The van der Waals surface area contributed by atoms with E-state index in [0.29, 0.717) is 0 Å². The molecule has 0 saturated carbocycles. The van der Waals surface area contributed by atoms with E-state index >= 15 is 4.57 Å². The third-order valence-corrected chi connectivity index (χ3v) is 11.6. The second-order valence-corrected chi connectivity index (χ2v) is 13.8. The zero-order valence-corrected chi connectivity index (χ0v) is 24.5. The minimum absolute atomic E-state index is 0.741. The predicted molar refractivity (Wildman–Crippen MR) is 182 cm³/mol. The molecule has 0 atom stereocenters. The second kappa shape index (κ2) is 9.50. The van der Waals surface area contributed by atoms with Crippen molar-refractivity contribution < 1.29 is 4.57 Å². The molecule has 9 aromatic rings. The summed E-state index contributed by atoms with van der Waals surface area (Å²) in [5.41, 5.74) is 5.58. The molecule has 0 amide bonds. The van der Waals surface area contributed by atoms with Crippen molar-refractivity contribution in [1.82, 2.24) is 18.9 Å². The highest BCUT2D eigenvalue weighted by Crippen LogP contribution is 2.44. The molecular formula is C38H25N4OP. The quantitative estimate of drug-likeness (QED) is 0.199. The molecule has 0 fully saturated rings. The Labute approximate surface area is 253 Å². The summed E-state index contributed by atoms with van der Waals surface area (Å²) < 4.78 is 19.8. The SMILES string of the molecule is O=P(c1ccccc1)(c1ccccc1)c1ccc2c3ccccc3n(-c3nc4ccccc4c4nc5ccccc5n34)c2c1. The van der Waals surface area contributed by atoms with E-state index in [4.69, 9.17) is 9.97 Å². The van der Waals surface area contributed by atoms with Crippen LogP contribution in [0.15, 0.2) is 152 Å². The van der Waals surface area contributed by atoms with Crippen LogP contribution in [0.1, 0.15) is 0 Å². The summed E-state index contributed by atoms with van der Waals surface area (Å²) in [6, 6.07) is 50.7. The molecule has 208 valence electrons. The van der Waals surface area contributed by atoms with Crippen LogP contribution >= 0.6 is 7.14 Å². The van der Waals surface area contributed by atoms with Gasteiger partial charge >= 0.3 is 0 Å². The lowest BCUT2D eigenvalue weighted by atomic mass is 10.2. The van der Waals surface area contributed by atoms with E-state index in [0.717, 1.165) is 71.3 Å². The van der Waals surface area contributed by atoms with Gasteiger partial charge in [0.1, 0.15) is 5.65 Å². The number of hydrogen-bond donors (Lipinski definition) is 0. The molecule has 3 aromatic heterocycles. The summed E-state index contributed by atoms with van der Waals surface area (Å²) >= 11 is 0. The van der Waals surface area contributed by atoms with Gasteiger partial charge in [-0.05, 0) is 36.4 Å². The highest BCUT2D eigenvalue weighted by atomic mass is 31.2. The number of nitrogens with zero attached hydrogens (tertiary/aromatic N) is 4. The average Bonchev–Trinajstić information content (AvgIpc) is 3.65. The highest BCUT2D eigenvalue weighted by Gasteiger charge is 2.31. The Bertz CT molecular complexity index is 2540. The van der Waals surface area contributed by atoms with E-state index in [1.807, 2.05) is 103 Å². The maximum Gasteiger partial charge on any atom is 0.221 e. The summed E-state index contributed by atoms with van der Waals surface area (Å²) in [5, 5.41) is 5.56. The molecule has 0 radical (unpaired) electrons. The molecule has 0 bridgehead atoms. The van der Waals surface area contributed by atoms with Crippen molar-refractivity contribution in [2.75, 3.05) is 0 Å². The molecule has 3 heterocycles. The van der Waals surface area contributed by atoms with Gasteiger partial charge in [-0.2, -0.15) is 0 Å². The monoisotopic (exact) mass is 584 g/mol. The van der Waals surface area contributed by atoms with Crippen molar-refractivity contribution in [3.05, 3.63) is 152 Å². The molecule has 0 N–H and O–H groups in total. The van der Waals surface area contributed by atoms with Gasteiger partial charge in [-0.1, -0.05) is 115 Å². The van der Waals surface area contributed by atoms with E-state index in [1.165, 1.54) is 0 Å². The van der Waals surface area contributed by atoms with E-state index in [2.05, 4.69) is 57.5 Å². The fourth-order valence-electron chi connectivity index (χ4n) is 6.57. The Morgan fingerprint density at radius 2 is 1.02 bits per heavy atom. The van der Waals surface area contributed by atoms with Crippen LogP contribution in [0.3, 0.4) is 0 Å². The summed E-state index contributed by atoms with van der Waals surface area (Å²) in [7, 11) is -3.20. The number of benzene rings is 6. The number of imidazole rings is 1. The van der Waals surface area contributed by atoms with Gasteiger partial charge in [0, 0.05) is 32.1 Å². The van der Waals surface area contributed by atoms with E-state index in [9.17, 15) is 0 Å². The molecule has 6 heteroatoms. The third kappa shape index (κ3) is 3.51. The summed E-state index contributed by atoms with van der Waals surface area (Å²) in [6.45, 7) is 0. The Morgan fingerprint density at radius 3 is 1.75 bits per heavy atom. The molecule has 0 aliphatic carbocycles. The van der Waals surface area contributed by atoms with Gasteiger partial charge in [0.05, 0.1) is 27.6 Å². The van der Waals surface area contributed by atoms with E-state index in [1.54, 1.807) is 0 Å². The maximum absolute atomic E-state index is 15.4. The van der Waals surface area contributed by atoms with Crippen LogP contribution in [0, 0.1) is 0 Å². The fraction of sp³-hybridized carbons (Fsp3) is 0. The van der Waals surface area contributed by atoms with Crippen LogP contribution in [-0.4, -0.2) is 18.9 Å². The number of hydrogen-bond acceptors (Lipinski definition) is 3. The third-order valence-electron chi connectivity index (χ3n) is 8.59. The molecule has 0 spiro atoms. The number of para-hydroxylation sites is 4. The highest BCUT2D eigenvalue weighted by molar-refractivity contribution is 7.85. The summed E-state index contributed by atoms with van der Waals surface area (Å²) in [6.07, 6.45) is 0. The molecular weight excluding hydrogens is 559 g/mol. The van der Waals surface area contributed by atoms with Crippen LogP contribution in [0.4, 0.5) is 0 Å². The normalized spacial score (nSPS) is 12.2. The minimum atomic E-state index is -3.20. The van der Waals surface area contributed by atoms with Crippen molar-refractivity contribution in [2.24, 2.45) is 0 Å². The number of fused-ring (bicyclic) bond motifs is 8. The summed E-state index contributed by atoms with van der Waals surface area (Å²) in [4.78, 5) is 10.4. The zero-order valence-electron chi connectivity index (χ0n) is 23.6. The molecule has 0 unspecified atom stereocenters. The van der Waals surface area contributed by atoms with Crippen LogP contribution < -0.4 is 15.9 Å². The first-order valence-electron chi connectivity index (χ1n) is 14.6. The van der Waals surface area contributed by atoms with Crippen molar-refractivity contribution in [1.29, 1.82) is 0 Å². The average molecular weight is 585 g/mol. The Kier molecular flexibility index (Phi) is 5.40. The lowest BCUT2D eigenvalue weighted by Crippen LogP contribution is -2.25. The zero-order chi connectivity index (χ0) is 29.3. The molecule has 0 aliphatic rings. The topological polar surface area (TPSA) is 52.2 Å². The van der Waals surface area contributed by atoms with Gasteiger partial charge in [-0.15, -0.1) is 0 Å². The van der Waals surface area contributed by atoms with Crippen molar-refractivity contribution in [3.8, 4) is 5.95 Å². The van der Waals surface area contributed by atoms with Crippen LogP contribution in [0.2, 0.25) is 0 Å². The van der Waals surface area contributed by atoms with Gasteiger partial charge in [0.2, 0.25) is 5.95 Å². The van der Waals surface area contributed by atoms with Gasteiger partial charge < -0.3 is 4.57 Å². The maximum atomic E-state index is 15.4. The van der Waals surface area contributed by atoms with Gasteiger partial charge in [-0.25, -0.2) is 9.97 Å². The molecule has 9 rings (SSSR count). The second-order valence-electron chi connectivity index (χ2n) is 11.0. The Balaban J connectivity index is 1.44. The molecule has 44 heavy (non-hydrogen) atoms. The van der Waals surface area contributed by atoms with Crippen LogP contribution in [0.5, 0.6) is 0 Å². The van der Waals surface area contributed by atoms with Crippen molar-refractivity contribution >= 4 is 72.4 Å². The van der Waals surface area contributed by atoms with Crippen LogP contribution in [0.25, 0.3) is 55.3 Å². The van der Waals surface area contributed by atoms with Gasteiger partial charge in [0.15, 0.2) is 7.14 Å². The molecule has 6 aromatic carbocycles. The largest absolute Gasteiger partial charge is 0.309 e. The lowest BCUT2D eigenvalue weighted by Gasteiger charge is -2.20. The van der Waals surface area contributed by atoms with E-state index < -0.39 is 7.14 Å².